The molecule has 4 rings (SSSR count). The van der Waals surface area contributed by atoms with E-state index in [0.717, 1.165) is 28.2 Å². The maximum absolute atomic E-state index is 12.2. The van der Waals surface area contributed by atoms with E-state index in [1.54, 1.807) is 0 Å². The molecular weight excluding hydrogens is 312 g/mol. The van der Waals surface area contributed by atoms with E-state index in [4.69, 9.17) is 0 Å². The fraction of sp³-hybridized carbons (Fsp3) is 0.429. The van der Waals surface area contributed by atoms with E-state index < -0.39 is 0 Å². The molecule has 2 aliphatic carbocycles. The van der Waals surface area contributed by atoms with E-state index in [1.807, 2.05) is 42.5 Å². The van der Waals surface area contributed by atoms with Crippen molar-refractivity contribution in [2.75, 3.05) is 0 Å². The number of nitrogens with one attached hydrogen (secondary N) is 2. The Morgan fingerprint density at radius 2 is 1.72 bits per heavy atom. The zero-order valence-electron chi connectivity index (χ0n) is 14.3. The number of carbonyl (C=O) groups excluding carboxylic acids is 2. The van der Waals surface area contributed by atoms with Crippen LogP contribution in [0.15, 0.2) is 42.5 Å². The highest BCUT2D eigenvalue weighted by atomic mass is 16.2. The van der Waals surface area contributed by atoms with Gasteiger partial charge in [-0.15, -0.1) is 0 Å². The van der Waals surface area contributed by atoms with Crippen molar-refractivity contribution in [3.63, 3.8) is 0 Å². The average Bonchev–Trinajstić information content (AvgIpc) is 3.23. The van der Waals surface area contributed by atoms with E-state index in [0.29, 0.717) is 12.3 Å². The molecule has 2 amide bonds. The molecule has 2 bridgehead atoms. The van der Waals surface area contributed by atoms with Crippen molar-refractivity contribution in [1.82, 2.24) is 10.9 Å². The Hall–Kier alpha value is -2.36. The predicted octanol–water partition coefficient (Wildman–Crippen LogP) is 3.36. The summed E-state index contributed by atoms with van der Waals surface area (Å²) in [6.07, 6.45) is 5.89. The van der Waals surface area contributed by atoms with Crippen LogP contribution in [-0.4, -0.2) is 11.8 Å². The molecule has 0 aromatic heterocycles. The van der Waals surface area contributed by atoms with Gasteiger partial charge in [-0.05, 0) is 53.4 Å². The van der Waals surface area contributed by atoms with Gasteiger partial charge in [0.1, 0.15) is 0 Å². The first-order chi connectivity index (χ1) is 12.2. The number of benzene rings is 2. The van der Waals surface area contributed by atoms with Gasteiger partial charge in [-0.3, -0.25) is 20.4 Å². The Bertz CT molecular complexity index is 796. The lowest BCUT2D eigenvalue weighted by Crippen LogP contribution is -2.43. The highest BCUT2D eigenvalue weighted by Crippen LogP contribution is 2.49. The second-order valence-electron chi connectivity index (χ2n) is 7.55. The van der Waals surface area contributed by atoms with Gasteiger partial charge < -0.3 is 0 Å². The third-order valence-electron chi connectivity index (χ3n) is 5.90. The summed E-state index contributed by atoms with van der Waals surface area (Å²) in [5, 5.41) is 2.20. The van der Waals surface area contributed by atoms with Gasteiger partial charge in [-0.2, -0.15) is 0 Å². The van der Waals surface area contributed by atoms with Gasteiger partial charge in [0.25, 0.3) is 0 Å². The normalized spacial score (nSPS) is 24.4. The van der Waals surface area contributed by atoms with Crippen LogP contribution in [0.2, 0.25) is 0 Å². The monoisotopic (exact) mass is 336 g/mol. The van der Waals surface area contributed by atoms with E-state index in [9.17, 15) is 9.59 Å². The highest BCUT2D eigenvalue weighted by Gasteiger charge is 2.40. The molecule has 4 nitrogen and oxygen atoms in total. The molecule has 2 saturated carbocycles. The number of rotatable bonds is 4. The highest BCUT2D eigenvalue weighted by molar-refractivity contribution is 5.90. The molecule has 130 valence electrons. The summed E-state index contributed by atoms with van der Waals surface area (Å²) >= 11 is 0. The summed E-state index contributed by atoms with van der Waals surface area (Å²) in [7, 11) is 0. The Balaban J connectivity index is 1.29. The van der Waals surface area contributed by atoms with Gasteiger partial charge in [0.05, 0.1) is 6.42 Å². The molecule has 0 saturated heterocycles. The summed E-state index contributed by atoms with van der Waals surface area (Å²) < 4.78 is 0. The van der Waals surface area contributed by atoms with Gasteiger partial charge in [0.2, 0.25) is 11.8 Å². The zero-order chi connectivity index (χ0) is 17.2. The number of fused-ring (bicyclic) bond motifs is 3. The van der Waals surface area contributed by atoms with E-state index >= 15 is 0 Å². The number of hydrogen-bond acceptors (Lipinski definition) is 2. The lowest BCUT2D eigenvalue weighted by molar-refractivity contribution is -0.129. The Morgan fingerprint density at radius 3 is 2.52 bits per heavy atom. The molecule has 2 aromatic carbocycles. The first-order valence-electron chi connectivity index (χ1n) is 9.23. The standard InChI is InChI=1S/C21H24N2O2/c24-20(12-17-6-3-5-15-4-1-2-7-19(15)17)22-23-21(25)13-18-11-14-8-9-16(18)10-14/h1-7,14,16,18H,8-13H2,(H,22,24)(H,23,25). The Morgan fingerprint density at radius 1 is 0.920 bits per heavy atom. The third-order valence-corrected chi connectivity index (χ3v) is 5.90. The number of hydrazine groups is 1. The molecule has 2 fully saturated rings. The molecule has 2 aliphatic rings. The molecule has 0 radical (unpaired) electrons. The van der Waals surface area contributed by atoms with Crippen LogP contribution in [0, 0.1) is 17.8 Å². The molecule has 3 unspecified atom stereocenters. The minimum atomic E-state index is -0.183. The van der Waals surface area contributed by atoms with Crippen molar-refractivity contribution < 1.29 is 9.59 Å². The summed E-state index contributed by atoms with van der Waals surface area (Å²) in [6, 6.07) is 14.0. The van der Waals surface area contributed by atoms with Crippen LogP contribution in [0.5, 0.6) is 0 Å². The van der Waals surface area contributed by atoms with Crippen molar-refractivity contribution in [2.24, 2.45) is 17.8 Å². The predicted molar refractivity (Wildman–Crippen MR) is 97.5 cm³/mol. The second kappa shape index (κ2) is 6.87. The van der Waals surface area contributed by atoms with Crippen LogP contribution >= 0.6 is 0 Å². The van der Waals surface area contributed by atoms with Crippen LogP contribution in [0.4, 0.5) is 0 Å². The van der Waals surface area contributed by atoms with Gasteiger partial charge in [-0.1, -0.05) is 48.9 Å². The molecule has 0 spiro atoms. The molecule has 2 aromatic rings. The second-order valence-corrected chi connectivity index (χ2v) is 7.55. The van der Waals surface area contributed by atoms with Crippen molar-refractivity contribution in [3.8, 4) is 0 Å². The molecular formula is C21H24N2O2. The minimum absolute atomic E-state index is 0.0659. The molecule has 25 heavy (non-hydrogen) atoms. The van der Waals surface area contributed by atoms with Crippen LogP contribution in [0.25, 0.3) is 10.8 Å². The summed E-state index contributed by atoms with van der Waals surface area (Å²) in [5.41, 5.74) is 6.14. The zero-order valence-corrected chi connectivity index (χ0v) is 14.3. The lowest BCUT2D eigenvalue weighted by atomic mass is 9.86. The first-order valence-corrected chi connectivity index (χ1v) is 9.23. The van der Waals surface area contributed by atoms with Gasteiger partial charge in [0, 0.05) is 6.42 Å². The van der Waals surface area contributed by atoms with Gasteiger partial charge in [0.15, 0.2) is 0 Å². The molecule has 0 aliphatic heterocycles. The maximum Gasteiger partial charge on any atom is 0.242 e. The SMILES string of the molecule is O=C(Cc1cccc2ccccc12)NNC(=O)CC1CC2CCC1C2. The van der Waals surface area contributed by atoms with E-state index in [-0.39, 0.29) is 18.2 Å². The van der Waals surface area contributed by atoms with Crippen LogP contribution in [0.3, 0.4) is 0 Å². The fourth-order valence-electron chi connectivity index (χ4n) is 4.72. The summed E-state index contributed by atoms with van der Waals surface area (Å²) in [5.74, 6) is 1.82. The largest absolute Gasteiger partial charge is 0.273 e. The Kier molecular flexibility index (Phi) is 4.43. The number of amides is 2. The molecule has 2 N–H and O–H groups in total. The molecule has 0 heterocycles. The van der Waals surface area contributed by atoms with Crippen molar-refractivity contribution in [3.05, 3.63) is 48.0 Å². The van der Waals surface area contributed by atoms with Gasteiger partial charge >= 0.3 is 0 Å². The summed E-state index contributed by atoms with van der Waals surface area (Å²) in [4.78, 5) is 24.3. The maximum atomic E-state index is 12.2. The van der Waals surface area contributed by atoms with E-state index in [2.05, 4.69) is 10.9 Å². The smallest absolute Gasteiger partial charge is 0.242 e. The topological polar surface area (TPSA) is 58.2 Å². The van der Waals surface area contributed by atoms with Crippen LogP contribution in [-0.2, 0) is 16.0 Å². The Labute approximate surface area is 148 Å². The van der Waals surface area contributed by atoms with Crippen molar-refractivity contribution >= 4 is 22.6 Å². The third kappa shape index (κ3) is 3.53. The average molecular weight is 336 g/mol. The first kappa shape index (κ1) is 16.1. The minimum Gasteiger partial charge on any atom is -0.273 e. The van der Waals surface area contributed by atoms with E-state index in [1.165, 1.54) is 25.7 Å². The van der Waals surface area contributed by atoms with Crippen LogP contribution < -0.4 is 10.9 Å². The quantitative estimate of drug-likeness (QED) is 0.841. The van der Waals surface area contributed by atoms with Crippen molar-refractivity contribution in [1.29, 1.82) is 0 Å². The lowest BCUT2D eigenvalue weighted by Gasteiger charge is -2.20. The summed E-state index contributed by atoms with van der Waals surface area (Å²) in [6.45, 7) is 0. The number of hydrogen-bond donors (Lipinski definition) is 2. The molecule has 3 atom stereocenters. The number of carbonyl (C=O) groups is 2. The van der Waals surface area contributed by atoms with Crippen LogP contribution in [0.1, 0.15) is 37.7 Å². The van der Waals surface area contributed by atoms with Crippen molar-refractivity contribution in [2.45, 2.75) is 38.5 Å². The van der Waals surface area contributed by atoms with Gasteiger partial charge in [-0.25, -0.2) is 0 Å². The fourth-order valence-corrected chi connectivity index (χ4v) is 4.72. The molecule has 4 heteroatoms.